The molecule has 0 unspecified atom stereocenters. The molecular weight excluding hydrogens is 250 g/mol. The van der Waals surface area contributed by atoms with Crippen LogP contribution in [-0.4, -0.2) is 19.3 Å². The molecule has 3 heteroatoms. The van der Waals surface area contributed by atoms with E-state index in [0.29, 0.717) is 6.61 Å². The molecule has 106 valence electrons. The molecule has 0 aliphatic rings. The third-order valence-corrected chi connectivity index (χ3v) is 2.70. The number of rotatable bonds is 7. The zero-order valence-electron chi connectivity index (χ0n) is 12.0. The van der Waals surface area contributed by atoms with E-state index in [1.54, 1.807) is 0 Å². The normalized spacial score (nSPS) is 10.6. The number of para-hydroxylation sites is 1. The predicted octanol–water partition coefficient (Wildman–Crippen LogP) is 4.32. The summed E-state index contributed by atoms with van der Waals surface area (Å²) >= 11 is 0. The maximum atomic E-state index is 5.79. The van der Waals surface area contributed by atoms with Gasteiger partial charge < -0.3 is 14.8 Å². The minimum Gasteiger partial charge on any atom is -0.457 e. The fraction of sp³-hybridized carbons (Fsp3) is 0.294. The van der Waals surface area contributed by atoms with Gasteiger partial charge in [-0.25, -0.2) is 0 Å². The van der Waals surface area contributed by atoms with Gasteiger partial charge in [0.2, 0.25) is 0 Å². The van der Waals surface area contributed by atoms with Crippen LogP contribution >= 0.6 is 0 Å². The van der Waals surface area contributed by atoms with Crippen molar-refractivity contribution in [1.29, 1.82) is 0 Å². The van der Waals surface area contributed by atoms with Crippen LogP contribution in [0.5, 0.6) is 11.5 Å². The van der Waals surface area contributed by atoms with Gasteiger partial charge in [0.25, 0.3) is 0 Å². The van der Waals surface area contributed by atoms with Crippen molar-refractivity contribution in [3.05, 3.63) is 54.6 Å². The topological polar surface area (TPSA) is 30.5 Å². The van der Waals surface area contributed by atoms with E-state index in [1.807, 2.05) is 68.4 Å². The van der Waals surface area contributed by atoms with Gasteiger partial charge in [-0.15, -0.1) is 0 Å². The van der Waals surface area contributed by atoms with Gasteiger partial charge in [-0.1, -0.05) is 24.3 Å². The van der Waals surface area contributed by atoms with Crippen molar-refractivity contribution >= 4 is 5.69 Å². The zero-order valence-corrected chi connectivity index (χ0v) is 12.0. The summed E-state index contributed by atoms with van der Waals surface area (Å²) in [7, 11) is 0. The first-order chi connectivity index (χ1) is 9.74. The number of benzene rings is 2. The Bertz CT molecular complexity index is 511. The summed E-state index contributed by atoms with van der Waals surface area (Å²) in [6.45, 7) is 5.55. The van der Waals surface area contributed by atoms with Crippen molar-refractivity contribution in [2.45, 2.75) is 20.0 Å². The quantitative estimate of drug-likeness (QED) is 0.761. The molecule has 0 aliphatic carbocycles. The molecule has 0 atom stereocenters. The lowest BCUT2D eigenvalue weighted by molar-refractivity contribution is 0.0870. The molecule has 2 rings (SSSR count). The van der Waals surface area contributed by atoms with Crippen LogP contribution in [-0.2, 0) is 4.74 Å². The third kappa shape index (κ3) is 4.94. The predicted molar refractivity (Wildman–Crippen MR) is 82.5 cm³/mol. The van der Waals surface area contributed by atoms with Gasteiger partial charge in [0.05, 0.1) is 12.7 Å². The molecule has 1 N–H and O–H groups in total. The van der Waals surface area contributed by atoms with Crippen LogP contribution in [0.1, 0.15) is 13.8 Å². The number of nitrogens with one attached hydrogen (secondary N) is 1. The van der Waals surface area contributed by atoms with Crippen LogP contribution < -0.4 is 10.1 Å². The summed E-state index contributed by atoms with van der Waals surface area (Å²) < 4.78 is 11.3. The summed E-state index contributed by atoms with van der Waals surface area (Å²) in [5.41, 5.74) is 1.03. The molecule has 0 fully saturated rings. The molecule has 0 aliphatic heterocycles. The minimum absolute atomic E-state index is 0.268. The highest BCUT2D eigenvalue weighted by molar-refractivity contribution is 5.49. The van der Waals surface area contributed by atoms with E-state index in [2.05, 4.69) is 5.32 Å². The van der Waals surface area contributed by atoms with Crippen molar-refractivity contribution in [3.8, 4) is 11.5 Å². The molecule has 0 aromatic heterocycles. The van der Waals surface area contributed by atoms with Gasteiger partial charge in [0.15, 0.2) is 0 Å². The highest BCUT2D eigenvalue weighted by Crippen LogP contribution is 2.23. The van der Waals surface area contributed by atoms with Crippen molar-refractivity contribution in [3.63, 3.8) is 0 Å². The van der Waals surface area contributed by atoms with Crippen LogP contribution in [0, 0.1) is 0 Å². The second-order valence-electron chi connectivity index (χ2n) is 4.79. The largest absolute Gasteiger partial charge is 0.457 e. The highest BCUT2D eigenvalue weighted by Gasteiger charge is 1.99. The molecule has 0 saturated carbocycles. The Morgan fingerprint density at radius 1 is 0.950 bits per heavy atom. The smallest absolute Gasteiger partial charge is 0.129 e. The first-order valence-electron chi connectivity index (χ1n) is 6.92. The SMILES string of the molecule is CC(C)OCCNc1cccc(Oc2ccccc2)c1. The maximum Gasteiger partial charge on any atom is 0.129 e. The van der Waals surface area contributed by atoms with E-state index in [9.17, 15) is 0 Å². The maximum absolute atomic E-state index is 5.79. The summed E-state index contributed by atoms with van der Waals surface area (Å²) in [4.78, 5) is 0. The molecule has 0 amide bonds. The fourth-order valence-corrected chi connectivity index (χ4v) is 1.78. The lowest BCUT2D eigenvalue weighted by Crippen LogP contribution is -2.13. The van der Waals surface area contributed by atoms with E-state index in [0.717, 1.165) is 23.7 Å². The summed E-state index contributed by atoms with van der Waals surface area (Å²) in [6.07, 6.45) is 0.268. The Morgan fingerprint density at radius 3 is 2.45 bits per heavy atom. The molecular formula is C17H21NO2. The molecule has 0 heterocycles. The van der Waals surface area contributed by atoms with Crippen LogP contribution in [0.3, 0.4) is 0 Å². The number of hydrogen-bond acceptors (Lipinski definition) is 3. The van der Waals surface area contributed by atoms with Crippen molar-refractivity contribution in [2.24, 2.45) is 0 Å². The molecule has 0 bridgehead atoms. The van der Waals surface area contributed by atoms with Crippen molar-refractivity contribution in [1.82, 2.24) is 0 Å². The molecule has 20 heavy (non-hydrogen) atoms. The van der Waals surface area contributed by atoms with Gasteiger partial charge in [-0.2, -0.15) is 0 Å². The van der Waals surface area contributed by atoms with Crippen LogP contribution in [0.4, 0.5) is 5.69 Å². The van der Waals surface area contributed by atoms with Gasteiger partial charge >= 0.3 is 0 Å². The molecule has 3 nitrogen and oxygen atoms in total. The van der Waals surface area contributed by atoms with E-state index in [-0.39, 0.29) is 6.10 Å². The van der Waals surface area contributed by atoms with Gasteiger partial charge in [-0.05, 0) is 38.1 Å². The lowest BCUT2D eigenvalue weighted by atomic mass is 10.3. The van der Waals surface area contributed by atoms with Crippen molar-refractivity contribution < 1.29 is 9.47 Å². The summed E-state index contributed by atoms with van der Waals surface area (Å²) in [6, 6.07) is 17.7. The average molecular weight is 271 g/mol. The van der Waals surface area contributed by atoms with Crippen molar-refractivity contribution in [2.75, 3.05) is 18.5 Å². The highest BCUT2D eigenvalue weighted by atomic mass is 16.5. The standard InChI is InChI=1S/C17H21NO2/c1-14(2)19-12-11-18-15-7-6-10-17(13-15)20-16-8-4-3-5-9-16/h3-10,13-14,18H,11-12H2,1-2H3. The Balaban J connectivity index is 1.88. The van der Waals surface area contributed by atoms with E-state index >= 15 is 0 Å². The summed E-state index contributed by atoms with van der Waals surface area (Å²) in [5, 5.41) is 3.32. The van der Waals surface area contributed by atoms with Gasteiger partial charge in [0.1, 0.15) is 11.5 Å². The molecule has 2 aromatic rings. The third-order valence-electron chi connectivity index (χ3n) is 2.70. The molecule has 0 spiro atoms. The number of ether oxygens (including phenoxy) is 2. The van der Waals surface area contributed by atoms with Crippen LogP contribution in [0.15, 0.2) is 54.6 Å². The van der Waals surface area contributed by atoms with E-state index in [4.69, 9.17) is 9.47 Å². The van der Waals surface area contributed by atoms with Crippen LogP contribution in [0.25, 0.3) is 0 Å². The Hall–Kier alpha value is -2.00. The van der Waals surface area contributed by atoms with Crippen LogP contribution in [0.2, 0.25) is 0 Å². The minimum atomic E-state index is 0.268. The fourth-order valence-electron chi connectivity index (χ4n) is 1.78. The first-order valence-corrected chi connectivity index (χ1v) is 6.92. The Labute approximate surface area is 120 Å². The molecule has 0 radical (unpaired) electrons. The van der Waals surface area contributed by atoms with E-state index in [1.165, 1.54) is 0 Å². The second-order valence-corrected chi connectivity index (χ2v) is 4.79. The van der Waals surface area contributed by atoms with E-state index < -0.39 is 0 Å². The Morgan fingerprint density at radius 2 is 1.70 bits per heavy atom. The molecule has 2 aromatic carbocycles. The monoisotopic (exact) mass is 271 g/mol. The first kappa shape index (κ1) is 14.4. The summed E-state index contributed by atoms with van der Waals surface area (Å²) in [5.74, 6) is 1.67. The zero-order chi connectivity index (χ0) is 14.2. The number of hydrogen-bond donors (Lipinski definition) is 1. The Kier molecular flexibility index (Phi) is 5.44. The number of anilines is 1. The molecule has 0 saturated heterocycles. The van der Waals surface area contributed by atoms with Gasteiger partial charge in [0, 0.05) is 18.3 Å². The second kappa shape index (κ2) is 7.56. The van der Waals surface area contributed by atoms with Gasteiger partial charge in [-0.3, -0.25) is 0 Å². The lowest BCUT2D eigenvalue weighted by Gasteiger charge is -2.11. The average Bonchev–Trinajstić information content (AvgIpc) is 2.45.